The lowest BCUT2D eigenvalue weighted by molar-refractivity contribution is -0.156. The fourth-order valence-corrected chi connectivity index (χ4v) is 1.90. The van der Waals surface area contributed by atoms with Gasteiger partial charge in [0.25, 0.3) is 0 Å². The van der Waals surface area contributed by atoms with Gasteiger partial charge in [-0.1, -0.05) is 38.2 Å². The number of esters is 1. The van der Waals surface area contributed by atoms with Crippen molar-refractivity contribution < 1.29 is 14.3 Å². The second kappa shape index (κ2) is 11.2. The first kappa shape index (κ1) is 20.6. The first-order valence-corrected chi connectivity index (χ1v) is 8.10. The van der Waals surface area contributed by atoms with Crippen LogP contribution in [-0.2, 0) is 14.3 Å². The summed E-state index contributed by atoms with van der Waals surface area (Å²) < 4.78 is 10.8. The maximum atomic E-state index is 11.5. The van der Waals surface area contributed by atoms with E-state index in [2.05, 4.69) is 25.7 Å². The highest BCUT2D eigenvalue weighted by molar-refractivity contribution is 5.69. The molecule has 0 aliphatic rings. The largest absolute Gasteiger partial charge is 0.460 e. The molecular formula is C19H32O3. The van der Waals surface area contributed by atoms with E-state index in [0.29, 0.717) is 19.6 Å². The third-order valence-electron chi connectivity index (χ3n) is 2.95. The van der Waals surface area contributed by atoms with Crippen molar-refractivity contribution >= 4 is 5.97 Å². The highest BCUT2D eigenvalue weighted by Gasteiger charge is 2.15. The van der Waals surface area contributed by atoms with Crippen molar-refractivity contribution in [3.8, 4) is 0 Å². The van der Waals surface area contributed by atoms with E-state index in [-0.39, 0.29) is 5.97 Å². The van der Waals surface area contributed by atoms with Crippen LogP contribution in [0.3, 0.4) is 0 Å². The lowest BCUT2D eigenvalue weighted by atomic mass is 10.1. The highest BCUT2D eigenvalue weighted by Crippen LogP contribution is 2.13. The van der Waals surface area contributed by atoms with Crippen molar-refractivity contribution in [3.05, 3.63) is 36.0 Å². The molecule has 3 heteroatoms. The molecule has 0 aliphatic carbocycles. The summed E-state index contributed by atoms with van der Waals surface area (Å²) in [7, 11) is 0. The van der Waals surface area contributed by atoms with E-state index in [9.17, 15) is 4.79 Å². The number of hydrogen-bond acceptors (Lipinski definition) is 3. The number of carbonyl (C=O) groups is 1. The molecule has 0 saturated heterocycles. The van der Waals surface area contributed by atoms with E-state index in [1.165, 1.54) is 11.1 Å². The molecular weight excluding hydrogens is 276 g/mol. The summed E-state index contributed by atoms with van der Waals surface area (Å²) in [5.41, 5.74) is 2.06. The van der Waals surface area contributed by atoms with E-state index in [0.717, 1.165) is 19.3 Å². The van der Waals surface area contributed by atoms with Crippen LogP contribution < -0.4 is 0 Å². The molecule has 0 spiro atoms. The number of rotatable bonds is 10. The van der Waals surface area contributed by atoms with Gasteiger partial charge in [-0.3, -0.25) is 4.79 Å². The van der Waals surface area contributed by atoms with Crippen LogP contribution in [0.4, 0.5) is 0 Å². The van der Waals surface area contributed by atoms with Crippen molar-refractivity contribution in [1.82, 2.24) is 0 Å². The number of hydrogen-bond donors (Lipinski definition) is 0. The van der Waals surface area contributed by atoms with Crippen LogP contribution in [0.25, 0.3) is 0 Å². The minimum atomic E-state index is -0.430. The SMILES string of the molecule is C=C/C(=C\C(=C/C)CCOCCC(=O)OC(C)(C)C)CCC. The predicted molar refractivity (Wildman–Crippen MR) is 92.8 cm³/mol. The van der Waals surface area contributed by atoms with Crippen molar-refractivity contribution in [2.75, 3.05) is 13.2 Å². The summed E-state index contributed by atoms with van der Waals surface area (Å²) in [6.07, 6.45) is 9.47. The van der Waals surface area contributed by atoms with E-state index >= 15 is 0 Å². The van der Waals surface area contributed by atoms with Crippen molar-refractivity contribution in [3.63, 3.8) is 0 Å². The maximum Gasteiger partial charge on any atom is 0.308 e. The summed E-state index contributed by atoms with van der Waals surface area (Å²) >= 11 is 0. The average molecular weight is 308 g/mol. The quantitative estimate of drug-likeness (QED) is 0.324. The molecule has 0 radical (unpaired) electrons. The Morgan fingerprint density at radius 3 is 2.23 bits per heavy atom. The monoisotopic (exact) mass is 308 g/mol. The predicted octanol–water partition coefficient (Wildman–Crippen LogP) is 4.98. The standard InChI is InChI=1S/C19H32O3/c1-7-10-16(8-2)15-17(9-3)11-13-21-14-12-18(20)22-19(4,5)6/h8-9,15H,2,7,10-14H2,1,3-6H3/b16-15+,17-9-. The molecule has 0 saturated carbocycles. The summed E-state index contributed by atoms with van der Waals surface area (Å²) in [6.45, 7) is 14.6. The van der Waals surface area contributed by atoms with Gasteiger partial charge in [-0.25, -0.2) is 0 Å². The molecule has 0 rings (SSSR count). The van der Waals surface area contributed by atoms with Gasteiger partial charge in [-0.15, -0.1) is 0 Å². The zero-order valence-electron chi connectivity index (χ0n) is 14.9. The zero-order valence-corrected chi connectivity index (χ0v) is 14.9. The third-order valence-corrected chi connectivity index (χ3v) is 2.95. The summed E-state index contributed by atoms with van der Waals surface area (Å²) in [5, 5.41) is 0. The summed E-state index contributed by atoms with van der Waals surface area (Å²) in [6, 6.07) is 0. The van der Waals surface area contributed by atoms with Gasteiger partial charge in [-0.05, 0) is 51.7 Å². The molecule has 126 valence electrons. The van der Waals surface area contributed by atoms with E-state index < -0.39 is 5.60 Å². The molecule has 0 heterocycles. The van der Waals surface area contributed by atoms with Crippen molar-refractivity contribution in [2.45, 2.75) is 65.9 Å². The van der Waals surface area contributed by atoms with Crippen molar-refractivity contribution in [2.24, 2.45) is 0 Å². The molecule has 0 aromatic rings. The Bertz CT molecular complexity index is 397. The summed E-state index contributed by atoms with van der Waals surface area (Å²) in [4.78, 5) is 11.5. The van der Waals surface area contributed by atoms with Gasteiger partial charge in [0, 0.05) is 0 Å². The van der Waals surface area contributed by atoms with Crippen molar-refractivity contribution in [1.29, 1.82) is 0 Å². The number of carbonyl (C=O) groups excluding carboxylic acids is 1. The molecule has 0 amide bonds. The first-order chi connectivity index (χ1) is 10.3. The third kappa shape index (κ3) is 11.3. The molecule has 0 aromatic carbocycles. The van der Waals surface area contributed by atoms with Crippen LogP contribution >= 0.6 is 0 Å². The second-order valence-electron chi connectivity index (χ2n) is 6.24. The molecule has 0 atom stereocenters. The molecule has 0 unspecified atom stereocenters. The van der Waals surface area contributed by atoms with E-state index in [4.69, 9.17) is 9.47 Å². The lowest BCUT2D eigenvalue weighted by Gasteiger charge is -2.19. The molecule has 0 aromatic heterocycles. The Balaban J connectivity index is 4.03. The zero-order chi connectivity index (χ0) is 17.0. The van der Waals surface area contributed by atoms with Gasteiger partial charge in [-0.2, -0.15) is 0 Å². The first-order valence-electron chi connectivity index (χ1n) is 8.10. The van der Waals surface area contributed by atoms with Crippen LogP contribution in [-0.4, -0.2) is 24.8 Å². The molecule has 0 aliphatic heterocycles. The Morgan fingerprint density at radius 2 is 1.73 bits per heavy atom. The molecule has 0 bridgehead atoms. The Morgan fingerprint density at radius 1 is 1.09 bits per heavy atom. The van der Waals surface area contributed by atoms with Gasteiger partial charge in [0.1, 0.15) is 5.60 Å². The lowest BCUT2D eigenvalue weighted by Crippen LogP contribution is -2.24. The molecule has 0 N–H and O–H groups in total. The molecule has 0 fully saturated rings. The highest BCUT2D eigenvalue weighted by atomic mass is 16.6. The molecule has 3 nitrogen and oxygen atoms in total. The van der Waals surface area contributed by atoms with Crippen LogP contribution in [0.15, 0.2) is 36.0 Å². The van der Waals surface area contributed by atoms with E-state index in [1.807, 2.05) is 33.8 Å². The van der Waals surface area contributed by atoms with Gasteiger partial charge < -0.3 is 9.47 Å². The van der Waals surface area contributed by atoms with E-state index in [1.54, 1.807) is 0 Å². The minimum Gasteiger partial charge on any atom is -0.460 e. The average Bonchev–Trinajstić information content (AvgIpc) is 2.42. The van der Waals surface area contributed by atoms with Gasteiger partial charge in [0.2, 0.25) is 0 Å². The second-order valence-corrected chi connectivity index (χ2v) is 6.24. The molecule has 22 heavy (non-hydrogen) atoms. The Kier molecular flexibility index (Phi) is 10.6. The Hall–Kier alpha value is -1.35. The van der Waals surface area contributed by atoms with Crippen LogP contribution in [0.1, 0.15) is 60.3 Å². The van der Waals surface area contributed by atoms with Gasteiger partial charge >= 0.3 is 5.97 Å². The topological polar surface area (TPSA) is 35.5 Å². The normalized spacial score (nSPS) is 13.1. The van der Waals surface area contributed by atoms with Crippen LogP contribution in [0.5, 0.6) is 0 Å². The van der Waals surface area contributed by atoms with Gasteiger partial charge in [0.05, 0.1) is 19.6 Å². The Labute approximate surface area is 136 Å². The number of allylic oxidation sites excluding steroid dienone is 4. The fraction of sp³-hybridized carbons (Fsp3) is 0.632. The fourth-order valence-electron chi connectivity index (χ4n) is 1.90. The summed E-state index contributed by atoms with van der Waals surface area (Å²) in [5.74, 6) is -0.212. The van der Waals surface area contributed by atoms with Crippen LogP contribution in [0.2, 0.25) is 0 Å². The minimum absolute atomic E-state index is 0.212. The smallest absolute Gasteiger partial charge is 0.308 e. The maximum absolute atomic E-state index is 11.5. The van der Waals surface area contributed by atoms with Crippen LogP contribution in [0, 0.1) is 0 Å². The van der Waals surface area contributed by atoms with Gasteiger partial charge in [0.15, 0.2) is 0 Å². The number of ether oxygens (including phenoxy) is 2.